The summed E-state index contributed by atoms with van der Waals surface area (Å²) in [5.74, 6) is 0.911. The third kappa shape index (κ3) is 1.97. The molecule has 2 heteroatoms. The zero-order chi connectivity index (χ0) is 16.6. The summed E-state index contributed by atoms with van der Waals surface area (Å²) in [6, 6.07) is 5.92. The van der Waals surface area contributed by atoms with Crippen LogP contribution in [0.2, 0.25) is 0 Å². The number of hydrogen-bond donors (Lipinski definition) is 2. The Labute approximate surface area is 139 Å². The molecular weight excluding hydrogens is 284 g/mol. The number of hydrogen-bond acceptors (Lipinski definition) is 2. The number of rotatable bonds is 0. The number of phenols is 1. The number of aliphatic hydroxyl groups is 1. The molecule has 0 bridgehead atoms. The Morgan fingerprint density at radius 3 is 2.48 bits per heavy atom. The Balaban J connectivity index is 1.97. The van der Waals surface area contributed by atoms with Crippen LogP contribution in [0.15, 0.2) is 29.8 Å². The maximum Gasteiger partial charge on any atom is 0.115 e. The van der Waals surface area contributed by atoms with E-state index in [0.29, 0.717) is 11.7 Å². The fourth-order valence-electron chi connectivity index (χ4n) is 6.09. The summed E-state index contributed by atoms with van der Waals surface area (Å²) in [5.41, 5.74) is 4.46. The Hall–Kier alpha value is -1.28. The number of benzene rings is 1. The first kappa shape index (κ1) is 15.3. The Morgan fingerprint density at radius 1 is 1.00 bits per heavy atom. The second-order valence-corrected chi connectivity index (χ2v) is 9.36. The predicted molar refractivity (Wildman–Crippen MR) is 92.6 cm³/mol. The van der Waals surface area contributed by atoms with Gasteiger partial charge in [-0.1, -0.05) is 45.4 Å². The summed E-state index contributed by atoms with van der Waals surface area (Å²) >= 11 is 0. The van der Waals surface area contributed by atoms with Gasteiger partial charge in [-0.3, -0.25) is 0 Å². The fourth-order valence-corrected chi connectivity index (χ4v) is 6.09. The molecule has 1 saturated carbocycles. The van der Waals surface area contributed by atoms with Gasteiger partial charge in [0.05, 0.1) is 6.10 Å². The van der Waals surface area contributed by atoms with E-state index in [9.17, 15) is 10.2 Å². The van der Waals surface area contributed by atoms with Gasteiger partial charge >= 0.3 is 0 Å². The van der Waals surface area contributed by atoms with Crippen molar-refractivity contribution < 1.29 is 10.2 Å². The fraction of sp³-hybridized carbons (Fsp3) is 0.619. The Morgan fingerprint density at radius 2 is 1.74 bits per heavy atom. The van der Waals surface area contributed by atoms with E-state index in [1.807, 2.05) is 12.1 Å². The first-order chi connectivity index (χ1) is 10.7. The van der Waals surface area contributed by atoms with Crippen molar-refractivity contribution in [3.05, 3.63) is 41.0 Å². The second-order valence-electron chi connectivity index (χ2n) is 9.36. The van der Waals surface area contributed by atoms with Crippen LogP contribution in [0.1, 0.15) is 64.5 Å². The van der Waals surface area contributed by atoms with Crippen molar-refractivity contribution in [3.8, 4) is 5.75 Å². The monoisotopic (exact) mass is 312 g/mol. The molecule has 1 aromatic carbocycles. The highest BCUT2D eigenvalue weighted by Crippen LogP contribution is 2.67. The molecule has 3 atom stereocenters. The van der Waals surface area contributed by atoms with Crippen molar-refractivity contribution in [2.45, 2.75) is 70.3 Å². The standard InChI is InChI=1S/C21H28O2/c1-19(2)11-21(17-9-13(22)5-7-15(17)19)12-20(3,4)16-8-6-14(23)10-18(16)21/h5,7,9-10,14,16,22-23H,6,8,11-12H2,1-4H3. The van der Waals surface area contributed by atoms with Gasteiger partial charge in [-0.15, -0.1) is 0 Å². The van der Waals surface area contributed by atoms with E-state index < -0.39 is 0 Å². The maximum absolute atomic E-state index is 10.3. The van der Waals surface area contributed by atoms with Gasteiger partial charge in [0.1, 0.15) is 5.75 Å². The van der Waals surface area contributed by atoms with E-state index in [2.05, 4.69) is 39.8 Å². The lowest BCUT2D eigenvalue weighted by molar-refractivity contribution is 0.168. The molecule has 3 unspecified atom stereocenters. The van der Waals surface area contributed by atoms with Crippen LogP contribution in [0, 0.1) is 11.3 Å². The summed E-state index contributed by atoms with van der Waals surface area (Å²) in [4.78, 5) is 0. The SMILES string of the molecule is CC1(C)CC2(CC(C)(C)C3CCC(O)C=C32)c2cc(O)ccc21. The summed E-state index contributed by atoms with van der Waals surface area (Å²) in [6.45, 7) is 9.40. The molecule has 0 heterocycles. The molecule has 2 nitrogen and oxygen atoms in total. The predicted octanol–water partition coefficient (Wildman–Crippen LogP) is 4.44. The molecular formula is C21H28O2. The molecule has 3 aliphatic carbocycles. The number of allylic oxidation sites excluding steroid dienone is 1. The lowest BCUT2D eigenvalue weighted by Gasteiger charge is -2.34. The van der Waals surface area contributed by atoms with Gasteiger partial charge in [-0.25, -0.2) is 0 Å². The van der Waals surface area contributed by atoms with Gasteiger partial charge in [0.25, 0.3) is 0 Å². The van der Waals surface area contributed by atoms with E-state index in [4.69, 9.17) is 0 Å². The quantitative estimate of drug-likeness (QED) is 0.695. The number of phenolic OH excluding ortho intramolecular Hbond substituents is 1. The highest BCUT2D eigenvalue weighted by molar-refractivity contribution is 5.56. The van der Waals surface area contributed by atoms with Crippen LogP contribution in [-0.2, 0) is 10.8 Å². The average molecular weight is 312 g/mol. The molecule has 1 fully saturated rings. The van der Waals surface area contributed by atoms with Gasteiger partial charge in [0.15, 0.2) is 0 Å². The molecule has 0 amide bonds. The molecule has 4 rings (SSSR count). The van der Waals surface area contributed by atoms with Crippen LogP contribution < -0.4 is 0 Å². The van der Waals surface area contributed by atoms with E-state index in [1.54, 1.807) is 0 Å². The van der Waals surface area contributed by atoms with Crippen LogP contribution in [0.4, 0.5) is 0 Å². The first-order valence-electron chi connectivity index (χ1n) is 8.90. The maximum atomic E-state index is 10.3. The largest absolute Gasteiger partial charge is 0.508 e. The molecule has 0 aromatic heterocycles. The summed E-state index contributed by atoms with van der Waals surface area (Å²) < 4.78 is 0. The summed E-state index contributed by atoms with van der Waals surface area (Å²) in [6.07, 6.45) is 6.00. The molecule has 0 saturated heterocycles. The van der Waals surface area contributed by atoms with E-state index in [1.165, 1.54) is 16.7 Å². The Kier molecular flexibility index (Phi) is 2.93. The molecule has 0 radical (unpaired) electrons. The van der Waals surface area contributed by atoms with Crippen LogP contribution in [0.3, 0.4) is 0 Å². The topological polar surface area (TPSA) is 40.5 Å². The molecule has 3 aliphatic rings. The van der Waals surface area contributed by atoms with E-state index in [0.717, 1.165) is 25.7 Å². The lowest BCUT2D eigenvalue weighted by Crippen LogP contribution is -2.28. The number of fused-ring (bicyclic) bond motifs is 4. The van der Waals surface area contributed by atoms with Gasteiger partial charge in [-0.05, 0) is 65.7 Å². The summed E-state index contributed by atoms with van der Waals surface area (Å²) in [5, 5.41) is 20.4. The third-order valence-corrected chi connectivity index (χ3v) is 6.74. The second kappa shape index (κ2) is 4.42. The lowest BCUT2D eigenvalue weighted by atomic mass is 9.71. The molecule has 1 aromatic rings. The van der Waals surface area contributed by atoms with E-state index >= 15 is 0 Å². The zero-order valence-electron chi connectivity index (χ0n) is 14.7. The molecule has 23 heavy (non-hydrogen) atoms. The average Bonchev–Trinajstić information content (AvgIpc) is 2.78. The van der Waals surface area contributed by atoms with Gasteiger partial charge in [0, 0.05) is 5.41 Å². The number of aromatic hydroxyl groups is 1. The zero-order valence-corrected chi connectivity index (χ0v) is 14.7. The number of aliphatic hydroxyl groups excluding tert-OH is 1. The van der Waals surface area contributed by atoms with Crippen molar-refractivity contribution >= 4 is 0 Å². The van der Waals surface area contributed by atoms with Crippen molar-refractivity contribution in [1.29, 1.82) is 0 Å². The van der Waals surface area contributed by atoms with Crippen molar-refractivity contribution in [1.82, 2.24) is 0 Å². The normalized spacial score (nSPS) is 36.7. The van der Waals surface area contributed by atoms with Gasteiger partial charge < -0.3 is 10.2 Å². The minimum atomic E-state index is -0.309. The third-order valence-electron chi connectivity index (χ3n) is 6.74. The van der Waals surface area contributed by atoms with Crippen LogP contribution >= 0.6 is 0 Å². The van der Waals surface area contributed by atoms with E-state index in [-0.39, 0.29) is 22.3 Å². The minimum absolute atomic E-state index is 0.00681. The van der Waals surface area contributed by atoms with Crippen molar-refractivity contribution in [2.75, 3.05) is 0 Å². The van der Waals surface area contributed by atoms with Crippen molar-refractivity contribution in [3.63, 3.8) is 0 Å². The molecule has 1 spiro atoms. The smallest absolute Gasteiger partial charge is 0.115 e. The molecule has 124 valence electrons. The van der Waals surface area contributed by atoms with Gasteiger partial charge in [0.2, 0.25) is 0 Å². The highest BCUT2D eigenvalue weighted by atomic mass is 16.3. The highest BCUT2D eigenvalue weighted by Gasteiger charge is 2.60. The minimum Gasteiger partial charge on any atom is -0.508 e. The van der Waals surface area contributed by atoms with Gasteiger partial charge in [-0.2, -0.15) is 0 Å². The summed E-state index contributed by atoms with van der Waals surface area (Å²) in [7, 11) is 0. The first-order valence-corrected chi connectivity index (χ1v) is 8.90. The van der Waals surface area contributed by atoms with Crippen molar-refractivity contribution in [2.24, 2.45) is 11.3 Å². The Bertz CT molecular complexity index is 698. The molecule has 2 N–H and O–H groups in total. The van der Waals surface area contributed by atoms with Crippen LogP contribution in [0.25, 0.3) is 0 Å². The van der Waals surface area contributed by atoms with Crippen LogP contribution in [-0.4, -0.2) is 16.3 Å². The van der Waals surface area contributed by atoms with Crippen LogP contribution in [0.5, 0.6) is 5.75 Å². The molecule has 0 aliphatic heterocycles.